The molecule has 3 rings (SSSR count). The first kappa shape index (κ1) is 13.5. The Hall–Kier alpha value is -1.46. The third-order valence-corrected chi connectivity index (χ3v) is 4.19. The van der Waals surface area contributed by atoms with E-state index in [9.17, 15) is 0 Å². The molecule has 1 aliphatic rings. The Labute approximate surface area is 124 Å². The topological polar surface area (TPSA) is 36.9 Å². The summed E-state index contributed by atoms with van der Waals surface area (Å²) < 4.78 is 2.85. The van der Waals surface area contributed by atoms with E-state index in [1.807, 2.05) is 18.2 Å². The number of hydrogen-bond acceptors (Lipinski definition) is 3. The normalized spacial score (nSPS) is 17.4. The molecule has 0 aliphatic carbocycles. The molecule has 1 fully saturated rings. The number of rotatable bonds is 4. The van der Waals surface area contributed by atoms with Crippen LogP contribution in [0.5, 0.6) is 0 Å². The summed E-state index contributed by atoms with van der Waals surface area (Å²) >= 11 is 5.42. The summed E-state index contributed by atoms with van der Waals surface area (Å²) in [6, 6.07) is 10.6. The molecule has 0 bridgehead atoms. The standard InChI is InChI=1S/C15H20N4S/c1-12(11-18-9-5-6-10-18)19-14(16-17-15(19)20)13-7-3-2-4-8-13/h2-4,7-8,12H,5-6,9-11H2,1H3,(H,17,20). The SMILES string of the molecule is CC(CN1CCCC1)n1c(-c2ccccc2)n[nH]c1=S. The molecular formula is C15H20N4S. The Balaban J connectivity index is 1.88. The van der Waals surface area contributed by atoms with Crippen molar-refractivity contribution in [3.8, 4) is 11.4 Å². The van der Waals surface area contributed by atoms with E-state index in [-0.39, 0.29) is 0 Å². The molecule has 1 saturated heterocycles. The number of benzene rings is 1. The molecule has 1 unspecified atom stereocenters. The highest BCUT2D eigenvalue weighted by molar-refractivity contribution is 7.71. The maximum atomic E-state index is 5.42. The second kappa shape index (κ2) is 5.89. The quantitative estimate of drug-likeness (QED) is 0.877. The van der Waals surface area contributed by atoms with Gasteiger partial charge in [0, 0.05) is 18.2 Å². The summed E-state index contributed by atoms with van der Waals surface area (Å²) in [5.74, 6) is 0.933. The molecule has 2 aromatic rings. The van der Waals surface area contributed by atoms with Gasteiger partial charge in [0.15, 0.2) is 10.6 Å². The lowest BCUT2D eigenvalue weighted by molar-refractivity contribution is 0.287. The van der Waals surface area contributed by atoms with Crippen molar-refractivity contribution in [1.82, 2.24) is 19.7 Å². The van der Waals surface area contributed by atoms with Crippen LogP contribution in [-0.4, -0.2) is 39.3 Å². The summed E-state index contributed by atoms with van der Waals surface area (Å²) in [7, 11) is 0. The van der Waals surface area contributed by atoms with Gasteiger partial charge in [-0.15, -0.1) is 0 Å². The molecule has 1 N–H and O–H groups in total. The minimum absolute atomic E-state index is 0.328. The van der Waals surface area contributed by atoms with Gasteiger partial charge >= 0.3 is 0 Å². The highest BCUT2D eigenvalue weighted by atomic mass is 32.1. The van der Waals surface area contributed by atoms with Crippen LogP contribution in [0.3, 0.4) is 0 Å². The van der Waals surface area contributed by atoms with Gasteiger partial charge in [-0.1, -0.05) is 30.3 Å². The Morgan fingerprint density at radius 2 is 1.95 bits per heavy atom. The molecule has 0 radical (unpaired) electrons. The molecular weight excluding hydrogens is 268 g/mol. The largest absolute Gasteiger partial charge is 0.301 e. The van der Waals surface area contributed by atoms with Crippen LogP contribution in [0.15, 0.2) is 30.3 Å². The number of hydrogen-bond donors (Lipinski definition) is 1. The number of likely N-dealkylation sites (tertiary alicyclic amines) is 1. The number of nitrogens with one attached hydrogen (secondary N) is 1. The Bertz CT molecular complexity index is 610. The van der Waals surface area contributed by atoms with Crippen molar-refractivity contribution >= 4 is 12.2 Å². The fourth-order valence-electron chi connectivity index (χ4n) is 2.92. The summed E-state index contributed by atoms with van der Waals surface area (Å²) in [6.07, 6.45) is 2.63. The van der Waals surface area contributed by atoms with E-state index in [0.29, 0.717) is 10.8 Å². The molecule has 1 atom stereocenters. The van der Waals surface area contributed by atoms with E-state index in [4.69, 9.17) is 12.2 Å². The Kier molecular flexibility index (Phi) is 3.98. The van der Waals surface area contributed by atoms with Crippen molar-refractivity contribution in [2.45, 2.75) is 25.8 Å². The smallest absolute Gasteiger partial charge is 0.195 e. The van der Waals surface area contributed by atoms with E-state index in [2.05, 4.69) is 38.7 Å². The van der Waals surface area contributed by atoms with Gasteiger partial charge in [-0.05, 0) is 45.1 Å². The number of nitrogens with zero attached hydrogens (tertiary/aromatic N) is 3. The van der Waals surface area contributed by atoms with Crippen LogP contribution < -0.4 is 0 Å². The zero-order valence-electron chi connectivity index (χ0n) is 11.7. The molecule has 0 spiro atoms. The van der Waals surface area contributed by atoms with Crippen molar-refractivity contribution in [3.05, 3.63) is 35.1 Å². The van der Waals surface area contributed by atoms with Gasteiger partial charge in [0.05, 0.1) is 0 Å². The Morgan fingerprint density at radius 3 is 2.65 bits per heavy atom. The molecule has 1 aliphatic heterocycles. The second-order valence-corrected chi connectivity index (χ2v) is 5.83. The van der Waals surface area contributed by atoms with Crippen molar-refractivity contribution in [2.24, 2.45) is 0 Å². The van der Waals surface area contributed by atoms with Crippen LogP contribution in [0.25, 0.3) is 11.4 Å². The third kappa shape index (κ3) is 2.69. The van der Waals surface area contributed by atoms with Gasteiger partial charge in [0.25, 0.3) is 0 Å². The first-order valence-electron chi connectivity index (χ1n) is 7.20. The van der Waals surface area contributed by atoms with Crippen LogP contribution in [0.2, 0.25) is 0 Å². The van der Waals surface area contributed by atoms with Crippen LogP contribution in [0.4, 0.5) is 0 Å². The average Bonchev–Trinajstić information content (AvgIpc) is 3.09. The molecule has 20 heavy (non-hydrogen) atoms. The summed E-state index contributed by atoms with van der Waals surface area (Å²) in [6.45, 7) is 5.66. The maximum absolute atomic E-state index is 5.42. The lowest BCUT2D eigenvalue weighted by atomic mass is 10.2. The van der Waals surface area contributed by atoms with Crippen LogP contribution >= 0.6 is 12.2 Å². The minimum Gasteiger partial charge on any atom is -0.301 e. The van der Waals surface area contributed by atoms with E-state index in [1.54, 1.807) is 0 Å². The van der Waals surface area contributed by atoms with Gasteiger partial charge in [-0.25, -0.2) is 0 Å². The molecule has 106 valence electrons. The first-order chi connectivity index (χ1) is 9.75. The van der Waals surface area contributed by atoms with E-state index >= 15 is 0 Å². The maximum Gasteiger partial charge on any atom is 0.195 e. The first-order valence-corrected chi connectivity index (χ1v) is 7.61. The molecule has 5 heteroatoms. The van der Waals surface area contributed by atoms with Crippen LogP contribution in [-0.2, 0) is 0 Å². The fraction of sp³-hybridized carbons (Fsp3) is 0.467. The zero-order valence-corrected chi connectivity index (χ0v) is 12.6. The predicted octanol–water partition coefficient (Wildman–Crippen LogP) is 3.26. The summed E-state index contributed by atoms with van der Waals surface area (Å²) in [5.41, 5.74) is 1.10. The van der Waals surface area contributed by atoms with Crippen molar-refractivity contribution in [1.29, 1.82) is 0 Å². The van der Waals surface area contributed by atoms with Crippen molar-refractivity contribution < 1.29 is 0 Å². The summed E-state index contributed by atoms with van der Waals surface area (Å²) in [4.78, 5) is 2.51. The molecule has 4 nitrogen and oxygen atoms in total. The number of aromatic amines is 1. The average molecular weight is 288 g/mol. The van der Waals surface area contributed by atoms with Crippen LogP contribution in [0.1, 0.15) is 25.8 Å². The van der Waals surface area contributed by atoms with Crippen molar-refractivity contribution in [3.63, 3.8) is 0 Å². The molecule has 2 heterocycles. The monoisotopic (exact) mass is 288 g/mol. The molecule has 0 saturated carbocycles. The van der Waals surface area contributed by atoms with Crippen molar-refractivity contribution in [2.75, 3.05) is 19.6 Å². The predicted molar refractivity (Wildman–Crippen MR) is 83.2 cm³/mol. The fourth-order valence-corrected chi connectivity index (χ4v) is 3.24. The molecule has 1 aromatic heterocycles. The Morgan fingerprint density at radius 1 is 1.25 bits per heavy atom. The van der Waals surface area contributed by atoms with Gasteiger partial charge in [-0.2, -0.15) is 5.10 Å². The van der Waals surface area contributed by atoms with E-state index in [1.165, 1.54) is 25.9 Å². The lowest BCUT2D eigenvalue weighted by Crippen LogP contribution is -2.27. The highest BCUT2D eigenvalue weighted by Crippen LogP contribution is 2.22. The zero-order chi connectivity index (χ0) is 13.9. The van der Waals surface area contributed by atoms with Crippen LogP contribution in [0, 0.1) is 4.77 Å². The molecule has 0 amide bonds. The van der Waals surface area contributed by atoms with Gasteiger partial charge in [0.1, 0.15) is 0 Å². The number of aromatic nitrogens is 3. The van der Waals surface area contributed by atoms with E-state index in [0.717, 1.165) is 17.9 Å². The molecule has 1 aromatic carbocycles. The van der Waals surface area contributed by atoms with Gasteiger partial charge < -0.3 is 4.90 Å². The van der Waals surface area contributed by atoms with Gasteiger partial charge in [-0.3, -0.25) is 9.67 Å². The highest BCUT2D eigenvalue weighted by Gasteiger charge is 2.19. The lowest BCUT2D eigenvalue weighted by Gasteiger charge is -2.22. The van der Waals surface area contributed by atoms with Gasteiger partial charge in [0.2, 0.25) is 0 Å². The minimum atomic E-state index is 0.328. The number of H-pyrrole nitrogens is 1. The third-order valence-electron chi connectivity index (χ3n) is 3.90. The second-order valence-electron chi connectivity index (χ2n) is 5.45. The summed E-state index contributed by atoms with van der Waals surface area (Å²) in [5, 5.41) is 7.35. The van der Waals surface area contributed by atoms with E-state index < -0.39 is 0 Å².